The Kier molecular flexibility index (Phi) is 2.04. The van der Waals surface area contributed by atoms with Crippen LogP contribution in [0.15, 0.2) is 24.4 Å². The highest BCUT2D eigenvalue weighted by Crippen LogP contribution is 2.30. The largest absolute Gasteiger partial charge is 0.506 e. The Balaban J connectivity index is 2.89. The number of aryl methyl sites for hydroxylation is 1. The van der Waals surface area contributed by atoms with Crippen LogP contribution in [0.3, 0.4) is 0 Å². The minimum atomic E-state index is -1.14. The molecule has 2 aromatic rings. The fourth-order valence-corrected chi connectivity index (χ4v) is 1.59. The van der Waals surface area contributed by atoms with Crippen LogP contribution >= 0.6 is 0 Å². The first-order chi connectivity index (χ1) is 7.11. The van der Waals surface area contributed by atoms with Crippen molar-refractivity contribution in [3.05, 3.63) is 35.7 Å². The fourth-order valence-electron chi connectivity index (χ4n) is 1.59. The molecule has 4 nitrogen and oxygen atoms in total. The number of carboxylic acids is 1. The van der Waals surface area contributed by atoms with Crippen LogP contribution in [-0.2, 0) is 0 Å². The molecule has 1 aromatic carbocycles. The zero-order chi connectivity index (χ0) is 11.0. The molecule has 0 saturated carbocycles. The first-order valence-electron chi connectivity index (χ1n) is 4.42. The lowest BCUT2D eigenvalue weighted by atomic mass is 10.1. The van der Waals surface area contributed by atoms with E-state index in [0.29, 0.717) is 11.1 Å². The van der Waals surface area contributed by atoms with Crippen molar-refractivity contribution in [2.24, 2.45) is 0 Å². The molecule has 0 aliphatic rings. The van der Waals surface area contributed by atoms with Gasteiger partial charge in [-0.15, -0.1) is 0 Å². The molecular weight excluding hydrogens is 194 g/mol. The normalized spacial score (nSPS) is 10.5. The van der Waals surface area contributed by atoms with Crippen molar-refractivity contribution in [3.63, 3.8) is 0 Å². The Labute approximate surface area is 85.8 Å². The Morgan fingerprint density at radius 3 is 2.73 bits per heavy atom. The lowest BCUT2D eigenvalue weighted by Gasteiger charge is -2.06. The van der Waals surface area contributed by atoms with E-state index in [-0.39, 0.29) is 11.3 Å². The average Bonchev–Trinajstić information content (AvgIpc) is 2.17. The third-order valence-corrected chi connectivity index (χ3v) is 2.32. The maximum Gasteiger partial charge on any atom is 0.339 e. The first kappa shape index (κ1) is 9.45. The summed E-state index contributed by atoms with van der Waals surface area (Å²) < 4.78 is 0. The van der Waals surface area contributed by atoms with Crippen LogP contribution in [0.5, 0.6) is 5.75 Å². The second kappa shape index (κ2) is 3.24. The summed E-state index contributed by atoms with van der Waals surface area (Å²) in [7, 11) is 0. The first-order valence-corrected chi connectivity index (χ1v) is 4.42. The SMILES string of the molecule is Cc1nccc2ccc(C(=O)O)c(O)c12. The van der Waals surface area contributed by atoms with E-state index in [2.05, 4.69) is 4.98 Å². The molecule has 0 atom stereocenters. The number of aromatic nitrogens is 1. The van der Waals surface area contributed by atoms with Crippen molar-refractivity contribution in [3.8, 4) is 5.75 Å². The molecule has 76 valence electrons. The molecule has 0 radical (unpaired) electrons. The van der Waals surface area contributed by atoms with Crippen molar-refractivity contribution in [1.82, 2.24) is 4.98 Å². The van der Waals surface area contributed by atoms with Crippen molar-refractivity contribution in [2.75, 3.05) is 0 Å². The molecule has 0 bridgehead atoms. The van der Waals surface area contributed by atoms with Crippen molar-refractivity contribution in [1.29, 1.82) is 0 Å². The van der Waals surface area contributed by atoms with Crippen LogP contribution in [-0.4, -0.2) is 21.2 Å². The minimum Gasteiger partial charge on any atom is -0.506 e. The maximum atomic E-state index is 10.8. The van der Waals surface area contributed by atoms with E-state index >= 15 is 0 Å². The quantitative estimate of drug-likeness (QED) is 0.743. The van der Waals surface area contributed by atoms with Crippen LogP contribution in [0.25, 0.3) is 10.8 Å². The second-order valence-electron chi connectivity index (χ2n) is 3.26. The van der Waals surface area contributed by atoms with Gasteiger partial charge in [0.1, 0.15) is 11.3 Å². The standard InChI is InChI=1S/C11H9NO3/c1-6-9-7(4-5-12-6)2-3-8(10(9)13)11(14)15/h2-5,13H,1H3,(H,14,15). The number of aromatic hydroxyl groups is 1. The Bertz CT molecular complexity index is 549. The lowest BCUT2D eigenvalue weighted by Crippen LogP contribution is -1.97. The Morgan fingerprint density at radius 2 is 2.07 bits per heavy atom. The predicted octanol–water partition coefficient (Wildman–Crippen LogP) is 1.95. The van der Waals surface area contributed by atoms with Gasteiger partial charge in [0.2, 0.25) is 0 Å². The van der Waals surface area contributed by atoms with Gasteiger partial charge in [-0.3, -0.25) is 4.98 Å². The van der Waals surface area contributed by atoms with Gasteiger partial charge in [-0.05, 0) is 24.4 Å². The molecule has 0 amide bonds. The molecule has 15 heavy (non-hydrogen) atoms. The monoisotopic (exact) mass is 203 g/mol. The van der Waals surface area contributed by atoms with Crippen molar-refractivity contribution >= 4 is 16.7 Å². The molecule has 0 fully saturated rings. The van der Waals surface area contributed by atoms with Crippen LogP contribution in [0, 0.1) is 6.92 Å². The highest BCUT2D eigenvalue weighted by atomic mass is 16.4. The summed E-state index contributed by atoms with van der Waals surface area (Å²) in [6, 6.07) is 4.78. The fraction of sp³-hybridized carbons (Fsp3) is 0.0909. The summed E-state index contributed by atoms with van der Waals surface area (Å²) in [5.41, 5.74) is 0.520. The predicted molar refractivity (Wildman–Crippen MR) is 55.1 cm³/mol. The number of pyridine rings is 1. The zero-order valence-electron chi connectivity index (χ0n) is 8.06. The van der Waals surface area contributed by atoms with Gasteiger partial charge in [0.25, 0.3) is 0 Å². The van der Waals surface area contributed by atoms with Gasteiger partial charge >= 0.3 is 5.97 Å². The topological polar surface area (TPSA) is 70.4 Å². The number of rotatable bonds is 1. The second-order valence-corrected chi connectivity index (χ2v) is 3.26. The summed E-state index contributed by atoms with van der Waals surface area (Å²) in [4.78, 5) is 14.8. The molecular formula is C11H9NO3. The lowest BCUT2D eigenvalue weighted by molar-refractivity contribution is 0.0694. The van der Waals surface area contributed by atoms with Gasteiger partial charge in [0, 0.05) is 17.3 Å². The van der Waals surface area contributed by atoms with Gasteiger partial charge in [0.05, 0.1) is 0 Å². The number of carbonyl (C=O) groups is 1. The Morgan fingerprint density at radius 1 is 1.33 bits per heavy atom. The summed E-state index contributed by atoms with van der Waals surface area (Å²) in [6.07, 6.45) is 1.62. The van der Waals surface area contributed by atoms with Crippen molar-refractivity contribution < 1.29 is 15.0 Å². The average molecular weight is 203 g/mol. The maximum absolute atomic E-state index is 10.8. The number of hydrogen-bond acceptors (Lipinski definition) is 3. The number of fused-ring (bicyclic) bond motifs is 1. The van der Waals surface area contributed by atoms with Crippen LogP contribution in [0.2, 0.25) is 0 Å². The van der Waals surface area contributed by atoms with E-state index in [1.165, 1.54) is 6.07 Å². The third-order valence-electron chi connectivity index (χ3n) is 2.32. The number of carboxylic acid groups (broad SMARTS) is 1. The van der Waals surface area contributed by atoms with Gasteiger partial charge in [0.15, 0.2) is 0 Å². The highest BCUT2D eigenvalue weighted by molar-refractivity contribution is 6.01. The number of nitrogens with zero attached hydrogens (tertiary/aromatic N) is 1. The van der Waals surface area contributed by atoms with Crippen LogP contribution < -0.4 is 0 Å². The van der Waals surface area contributed by atoms with E-state index in [0.717, 1.165) is 5.39 Å². The summed E-state index contributed by atoms with van der Waals surface area (Å²) in [6.45, 7) is 1.73. The molecule has 1 aromatic heterocycles. The summed E-state index contributed by atoms with van der Waals surface area (Å²) >= 11 is 0. The van der Waals surface area contributed by atoms with E-state index in [4.69, 9.17) is 5.11 Å². The van der Waals surface area contributed by atoms with E-state index in [9.17, 15) is 9.90 Å². The van der Waals surface area contributed by atoms with Gasteiger partial charge < -0.3 is 10.2 Å². The van der Waals surface area contributed by atoms with Gasteiger partial charge in [-0.1, -0.05) is 6.07 Å². The van der Waals surface area contributed by atoms with E-state index in [1.807, 2.05) is 0 Å². The smallest absolute Gasteiger partial charge is 0.339 e. The van der Waals surface area contributed by atoms with E-state index in [1.54, 1.807) is 25.3 Å². The molecule has 0 spiro atoms. The van der Waals surface area contributed by atoms with Gasteiger partial charge in [-0.2, -0.15) is 0 Å². The van der Waals surface area contributed by atoms with Gasteiger partial charge in [-0.25, -0.2) is 4.79 Å². The molecule has 2 N–H and O–H groups in total. The van der Waals surface area contributed by atoms with Crippen LogP contribution in [0.1, 0.15) is 16.1 Å². The number of benzene rings is 1. The minimum absolute atomic E-state index is 0.0985. The molecule has 4 heteroatoms. The summed E-state index contributed by atoms with van der Waals surface area (Å²) in [5, 5.41) is 19.9. The third kappa shape index (κ3) is 1.40. The summed E-state index contributed by atoms with van der Waals surface area (Å²) in [5.74, 6) is -1.36. The van der Waals surface area contributed by atoms with Crippen molar-refractivity contribution in [2.45, 2.75) is 6.92 Å². The number of phenols is 1. The molecule has 0 saturated heterocycles. The molecule has 0 unspecified atom stereocenters. The number of hydrogen-bond donors (Lipinski definition) is 2. The molecule has 0 aliphatic heterocycles. The number of aromatic carboxylic acids is 1. The Hall–Kier alpha value is -2.10. The molecule has 1 heterocycles. The highest BCUT2D eigenvalue weighted by Gasteiger charge is 2.13. The molecule has 0 aliphatic carbocycles. The molecule has 2 rings (SSSR count). The zero-order valence-corrected chi connectivity index (χ0v) is 8.06. The van der Waals surface area contributed by atoms with Crippen LogP contribution in [0.4, 0.5) is 0 Å². The van der Waals surface area contributed by atoms with E-state index < -0.39 is 5.97 Å².